The maximum Gasteiger partial charge on any atom is 0.321 e. The summed E-state index contributed by atoms with van der Waals surface area (Å²) in [6.45, 7) is 7.61. The summed E-state index contributed by atoms with van der Waals surface area (Å²) in [5.41, 5.74) is -0.891. The first kappa shape index (κ1) is 14.0. The van der Waals surface area contributed by atoms with Crippen molar-refractivity contribution >= 4 is 17.7 Å². The van der Waals surface area contributed by atoms with Crippen molar-refractivity contribution in [3.63, 3.8) is 0 Å². The predicted octanol–water partition coefficient (Wildman–Crippen LogP) is 2.16. The Morgan fingerprint density at radius 1 is 1.47 bits per heavy atom. The molecule has 96 valence electrons. The second-order valence-electron chi connectivity index (χ2n) is 4.00. The minimum Gasteiger partial charge on any atom is -0.465 e. The molecule has 0 saturated heterocycles. The molecular weight excluding hydrogens is 240 g/mol. The first-order valence-corrected chi connectivity index (χ1v) is 6.75. The first-order valence-electron chi connectivity index (χ1n) is 5.60. The van der Waals surface area contributed by atoms with E-state index < -0.39 is 5.41 Å². The van der Waals surface area contributed by atoms with Crippen molar-refractivity contribution in [2.45, 2.75) is 38.9 Å². The summed E-state index contributed by atoms with van der Waals surface area (Å²) in [4.78, 5) is 16.0. The standard InChI is InChI=1S/C11H18N2O3S/c1-5-15-10(14)11(3,4)9-12-8(13-16-9)7-17-6-2/h5-7H2,1-4H3. The third-order valence-electron chi connectivity index (χ3n) is 2.22. The van der Waals surface area contributed by atoms with Gasteiger partial charge in [-0.2, -0.15) is 16.7 Å². The Balaban J connectivity index is 2.77. The van der Waals surface area contributed by atoms with Gasteiger partial charge in [-0.1, -0.05) is 12.1 Å². The SMILES string of the molecule is CCOC(=O)C(C)(C)c1nc(CSCC)no1. The molecule has 0 fully saturated rings. The van der Waals surface area contributed by atoms with E-state index in [1.165, 1.54) is 0 Å². The molecule has 0 amide bonds. The Bertz CT molecular complexity index is 377. The number of thioether (sulfide) groups is 1. The van der Waals surface area contributed by atoms with Crippen molar-refractivity contribution in [3.05, 3.63) is 11.7 Å². The van der Waals surface area contributed by atoms with Gasteiger partial charge in [-0.15, -0.1) is 0 Å². The van der Waals surface area contributed by atoms with Crippen molar-refractivity contribution in [2.75, 3.05) is 12.4 Å². The molecule has 1 aromatic rings. The van der Waals surface area contributed by atoms with Crippen LogP contribution >= 0.6 is 11.8 Å². The van der Waals surface area contributed by atoms with Gasteiger partial charge < -0.3 is 9.26 Å². The van der Waals surface area contributed by atoms with Crippen molar-refractivity contribution in [1.82, 2.24) is 10.1 Å². The van der Waals surface area contributed by atoms with Gasteiger partial charge in [0.2, 0.25) is 5.89 Å². The summed E-state index contributed by atoms with van der Waals surface area (Å²) >= 11 is 1.70. The fraction of sp³-hybridized carbons (Fsp3) is 0.727. The average Bonchev–Trinajstić information content (AvgIpc) is 2.75. The Labute approximate surface area is 105 Å². The smallest absolute Gasteiger partial charge is 0.321 e. The van der Waals surface area contributed by atoms with Gasteiger partial charge in [-0.05, 0) is 26.5 Å². The number of ether oxygens (including phenoxy) is 1. The zero-order valence-corrected chi connectivity index (χ0v) is 11.5. The number of nitrogens with zero attached hydrogens (tertiary/aromatic N) is 2. The largest absolute Gasteiger partial charge is 0.465 e. The van der Waals surface area contributed by atoms with Crippen LogP contribution in [0.4, 0.5) is 0 Å². The average molecular weight is 258 g/mol. The highest BCUT2D eigenvalue weighted by atomic mass is 32.2. The van der Waals surface area contributed by atoms with Gasteiger partial charge in [0.25, 0.3) is 0 Å². The van der Waals surface area contributed by atoms with Crippen molar-refractivity contribution in [2.24, 2.45) is 0 Å². The van der Waals surface area contributed by atoms with Crippen LogP contribution in [0.5, 0.6) is 0 Å². The number of esters is 1. The Morgan fingerprint density at radius 2 is 2.18 bits per heavy atom. The van der Waals surface area contributed by atoms with Crippen LogP contribution < -0.4 is 0 Å². The van der Waals surface area contributed by atoms with Crippen LogP contribution in [-0.4, -0.2) is 28.5 Å². The van der Waals surface area contributed by atoms with Crippen LogP contribution in [-0.2, 0) is 20.7 Å². The summed E-state index contributed by atoms with van der Waals surface area (Å²) in [6.07, 6.45) is 0. The lowest BCUT2D eigenvalue weighted by atomic mass is 9.94. The van der Waals surface area contributed by atoms with E-state index in [4.69, 9.17) is 9.26 Å². The molecule has 0 bridgehead atoms. The molecule has 0 atom stereocenters. The number of carbonyl (C=O) groups is 1. The highest BCUT2D eigenvalue weighted by Gasteiger charge is 2.37. The topological polar surface area (TPSA) is 65.2 Å². The van der Waals surface area contributed by atoms with Gasteiger partial charge in [0, 0.05) is 0 Å². The monoisotopic (exact) mass is 258 g/mol. The fourth-order valence-corrected chi connectivity index (χ4v) is 1.66. The van der Waals surface area contributed by atoms with Crippen LogP contribution in [0.15, 0.2) is 4.52 Å². The van der Waals surface area contributed by atoms with Gasteiger partial charge in [0.1, 0.15) is 5.41 Å². The lowest BCUT2D eigenvalue weighted by molar-refractivity contribution is -0.149. The van der Waals surface area contributed by atoms with Crippen LogP contribution in [0.25, 0.3) is 0 Å². The van der Waals surface area contributed by atoms with Crippen molar-refractivity contribution in [3.8, 4) is 0 Å². The molecule has 1 heterocycles. The summed E-state index contributed by atoms with van der Waals surface area (Å²) < 4.78 is 10.1. The third-order valence-corrected chi connectivity index (χ3v) is 3.09. The van der Waals surface area contributed by atoms with Gasteiger partial charge in [0.15, 0.2) is 5.82 Å². The molecule has 6 heteroatoms. The molecule has 0 N–H and O–H groups in total. The molecule has 0 saturated carbocycles. The highest BCUT2D eigenvalue weighted by Crippen LogP contribution is 2.23. The van der Waals surface area contributed by atoms with Crippen LogP contribution in [0.2, 0.25) is 0 Å². The molecular formula is C11H18N2O3S. The Morgan fingerprint density at radius 3 is 2.76 bits per heavy atom. The normalized spacial score (nSPS) is 11.5. The highest BCUT2D eigenvalue weighted by molar-refractivity contribution is 7.98. The van der Waals surface area contributed by atoms with Gasteiger partial charge in [0.05, 0.1) is 12.4 Å². The molecule has 0 aliphatic heterocycles. The molecule has 0 aromatic carbocycles. The number of hydrogen-bond acceptors (Lipinski definition) is 6. The molecule has 5 nitrogen and oxygen atoms in total. The summed E-state index contributed by atoms with van der Waals surface area (Å²) in [6, 6.07) is 0. The van der Waals surface area contributed by atoms with E-state index in [1.54, 1.807) is 32.5 Å². The molecule has 1 aromatic heterocycles. The van der Waals surface area contributed by atoms with E-state index in [0.717, 1.165) is 5.75 Å². The summed E-state index contributed by atoms with van der Waals surface area (Å²) in [5.74, 6) is 2.26. The predicted molar refractivity (Wildman–Crippen MR) is 65.8 cm³/mol. The Kier molecular flexibility index (Phi) is 4.99. The van der Waals surface area contributed by atoms with Crippen LogP contribution in [0.1, 0.15) is 39.4 Å². The lowest BCUT2D eigenvalue weighted by Crippen LogP contribution is -2.31. The Hall–Kier alpha value is -1.04. The quantitative estimate of drug-likeness (QED) is 0.728. The number of rotatable bonds is 6. The van der Waals surface area contributed by atoms with E-state index in [1.807, 2.05) is 0 Å². The van der Waals surface area contributed by atoms with Crippen LogP contribution in [0, 0.1) is 0 Å². The lowest BCUT2D eigenvalue weighted by Gasteiger charge is -2.16. The van der Waals surface area contributed by atoms with E-state index in [2.05, 4.69) is 17.1 Å². The molecule has 0 unspecified atom stereocenters. The first-order chi connectivity index (χ1) is 8.02. The molecule has 0 radical (unpaired) electrons. The number of hydrogen-bond donors (Lipinski definition) is 0. The summed E-state index contributed by atoms with van der Waals surface area (Å²) in [5, 5.41) is 3.85. The second kappa shape index (κ2) is 6.05. The number of carbonyl (C=O) groups excluding carboxylic acids is 1. The maximum absolute atomic E-state index is 11.7. The molecule has 1 rings (SSSR count). The van der Waals surface area contributed by atoms with Crippen molar-refractivity contribution < 1.29 is 14.1 Å². The van der Waals surface area contributed by atoms with E-state index in [9.17, 15) is 4.79 Å². The molecule has 17 heavy (non-hydrogen) atoms. The second-order valence-corrected chi connectivity index (χ2v) is 5.27. The van der Waals surface area contributed by atoms with Crippen LogP contribution in [0.3, 0.4) is 0 Å². The van der Waals surface area contributed by atoms with Crippen molar-refractivity contribution in [1.29, 1.82) is 0 Å². The molecule has 0 spiro atoms. The van der Waals surface area contributed by atoms with Gasteiger partial charge in [-0.25, -0.2) is 0 Å². The number of aromatic nitrogens is 2. The minimum atomic E-state index is -0.891. The van der Waals surface area contributed by atoms with E-state index in [0.29, 0.717) is 24.1 Å². The zero-order chi connectivity index (χ0) is 12.9. The van der Waals surface area contributed by atoms with Gasteiger partial charge in [-0.3, -0.25) is 4.79 Å². The molecule has 0 aliphatic rings. The fourth-order valence-electron chi connectivity index (χ4n) is 1.16. The van der Waals surface area contributed by atoms with E-state index >= 15 is 0 Å². The van der Waals surface area contributed by atoms with Gasteiger partial charge >= 0.3 is 5.97 Å². The summed E-state index contributed by atoms with van der Waals surface area (Å²) in [7, 11) is 0. The van der Waals surface area contributed by atoms with E-state index in [-0.39, 0.29) is 5.97 Å². The zero-order valence-electron chi connectivity index (χ0n) is 10.6. The molecule has 0 aliphatic carbocycles. The minimum absolute atomic E-state index is 0.308. The maximum atomic E-state index is 11.7. The third kappa shape index (κ3) is 3.46.